The van der Waals surface area contributed by atoms with Gasteiger partial charge in [-0.15, -0.1) is 11.3 Å². The standard InChI is InChI=1S/C17H18N2O3S/c1-11-18-15(10-23-11)12-4-2-5-13(8-12)16(20)19-7-3-6-14(9-19)17(21)22/h2,4-5,8,10,14H,3,6-7,9H2,1H3,(H,21,22). The third-order valence-electron chi connectivity index (χ3n) is 4.08. The summed E-state index contributed by atoms with van der Waals surface area (Å²) < 4.78 is 0. The first kappa shape index (κ1) is 15.7. The zero-order valence-corrected chi connectivity index (χ0v) is 13.7. The van der Waals surface area contributed by atoms with Crippen LogP contribution in [0.25, 0.3) is 11.3 Å². The van der Waals surface area contributed by atoms with Crippen molar-refractivity contribution in [2.24, 2.45) is 5.92 Å². The van der Waals surface area contributed by atoms with Crippen LogP contribution in [0.2, 0.25) is 0 Å². The Hall–Kier alpha value is -2.21. The quantitative estimate of drug-likeness (QED) is 0.939. The summed E-state index contributed by atoms with van der Waals surface area (Å²) in [5.74, 6) is -1.39. The molecule has 1 atom stereocenters. The molecule has 1 aliphatic rings. The Balaban J connectivity index is 1.81. The Morgan fingerprint density at radius 1 is 1.39 bits per heavy atom. The van der Waals surface area contributed by atoms with E-state index in [-0.39, 0.29) is 12.5 Å². The molecule has 1 saturated heterocycles. The summed E-state index contributed by atoms with van der Waals surface area (Å²) in [4.78, 5) is 29.9. The number of carboxylic acid groups (broad SMARTS) is 1. The lowest BCUT2D eigenvalue weighted by Gasteiger charge is -2.30. The molecular formula is C17H18N2O3S. The second-order valence-corrected chi connectivity index (χ2v) is 6.82. The summed E-state index contributed by atoms with van der Waals surface area (Å²) in [7, 11) is 0. The molecule has 120 valence electrons. The molecular weight excluding hydrogens is 312 g/mol. The minimum atomic E-state index is -0.825. The van der Waals surface area contributed by atoms with Gasteiger partial charge in [-0.05, 0) is 31.9 Å². The average Bonchev–Trinajstić information content (AvgIpc) is 3.01. The van der Waals surface area contributed by atoms with Crippen LogP contribution in [-0.4, -0.2) is 40.0 Å². The minimum absolute atomic E-state index is 0.107. The van der Waals surface area contributed by atoms with Gasteiger partial charge in [0.15, 0.2) is 0 Å². The van der Waals surface area contributed by atoms with Crippen LogP contribution in [-0.2, 0) is 4.79 Å². The molecule has 1 N–H and O–H groups in total. The molecule has 0 saturated carbocycles. The molecule has 0 bridgehead atoms. The molecule has 6 heteroatoms. The third-order valence-corrected chi connectivity index (χ3v) is 4.86. The van der Waals surface area contributed by atoms with E-state index in [1.807, 2.05) is 30.5 Å². The minimum Gasteiger partial charge on any atom is -0.481 e. The van der Waals surface area contributed by atoms with Gasteiger partial charge in [0.25, 0.3) is 5.91 Å². The molecule has 3 rings (SSSR count). The second kappa shape index (κ2) is 6.50. The maximum Gasteiger partial charge on any atom is 0.308 e. The number of aromatic nitrogens is 1. The van der Waals surface area contributed by atoms with E-state index >= 15 is 0 Å². The second-order valence-electron chi connectivity index (χ2n) is 5.76. The highest BCUT2D eigenvalue weighted by atomic mass is 32.1. The maximum atomic E-state index is 12.7. The number of carbonyl (C=O) groups excluding carboxylic acids is 1. The molecule has 1 aliphatic heterocycles. The van der Waals surface area contributed by atoms with Crippen LogP contribution in [0.1, 0.15) is 28.2 Å². The van der Waals surface area contributed by atoms with Gasteiger partial charge in [-0.3, -0.25) is 9.59 Å². The number of benzene rings is 1. The topological polar surface area (TPSA) is 70.5 Å². The fourth-order valence-electron chi connectivity index (χ4n) is 2.85. The Kier molecular flexibility index (Phi) is 4.43. The molecule has 1 aromatic carbocycles. The summed E-state index contributed by atoms with van der Waals surface area (Å²) in [6.07, 6.45) is 1.37. The molecule has 5 nitrogen and oxygen atoms in total. The number of aryl methyl sites for hydroxylation is 1. The number of nitrogens with zero attached hydrogens (tertiary/aromatic N) is 2. The zero-order chi connectivity index (χ0) is 16.4. The lowest BCUT2D eigenvalue weighted by Crippen LogP contribution is -2.42. The van der Waals surface area contributed by atoms with Crippen LogP contribution in [0.4, 0.5) is 0 Å². The van der Waals surface area contributed by atoms with Gasteiger partial charge in [-0.1, -0.05) is 12.1 Å². The lowest BCUT2D eigenvalue weighted by atomic mass is 9.97. The smallest absolute Gasteiger partial charge is 0.308 e. The Morgan fingerprint density at radius 2 is 2.22 bits per heavy atom. The monoisotopic (exact) mass is 330 g/mol. The third kappa shape index (κ3) is 3.42. The van der Waals surface area contributed by atoms with E-state index < -0.39 is 11.9 Å². The van der Waals surface area contributed by atoms with Gasteiger partial charge >= 0.3 is 5.97 Å². The number of aliphatic carboxylic acids is 1. The van der Waals surface area contributed by atoms with Crippen molar-refractivity contribution in [3.63, 3.8) is 0 Å². The van der Waals surface area contributed by atoms with Gasteiger partial charge < -0.3 is 10.0 Å². The lowest BCUT2D eigenvalue weighted by molar-refractivity contribution is -0.143. The summed E-state index contributed by atoms with van der Waals surface area (Å²) >= 11 is 1.57. The number of carbonyl (C=O) groups is 2. The molecule has 1 amide bonds. The Labute approximate surface area is 138 Å². The van der Waals surface area contributed by atoms with Crippen molar-refractivity contribution >= 4 is 23.2 Å². The van der Waals surface area contributed by atoms with Crippen LogP contribution < -0.4 is 0 Å². The van der Waals surface area contributed by atoms with E-state index in [4.69, 9.17) is 5.11 Å². The van der Waals surface area contributed by atoms with Gasteiger partial charge in [-0.25, -0.2) is 4.98 Å². The van der Waals surface area contributed by atoms with E-state index in [2.05, 4.69) is 4.98 Å². The molecule has 0 spiro atoms. The van der Waals surface area contributed by atoms with Crippen LogP contribution in [0.5, 0.6) is 0 Å². The SMILES string of the molecule is Cc1nc(-c2cccc(C(=O)N3CCCC(C(=O)O)C3)c2)cs1. The van der Waals surface area contributed by atoms with Crippen molar-refractivity contribution < 1.29 is 14.7 Å². The summed E-state index contributed by atoms with van der Waals surface area (Å²) in [5, 5.41) is 12.1. The molecule has 2 aromatic rings. The predicted octanol–water partition coefficient (Wildman–Crippen LogP) is 3.06. The van der Waals surface area contributed by atoms with E-state index in [1.165, 1.54) is 0 Å². The highest BCUT2D eigenvalue weighted by Crippen LogP contribution is 2.24. The molecule has 1 fully saturated rings. The predicted molar refractivity (Wildman–Crippen MR) is 88.6 cm³/mol. The Morgan fingerprint density at radius 3 is 2.91 bits per heavy atom. The fraction of sp³-hybridized carbons (Fsp3) is 0.353. The van der Waals surface area contributed by atoms with Gasteiger partial charge in [0.2, 0.25) is 0 Å². The van der Waals surface area contributed by atoms with Crippen LogP contribution in [0.15, 0.2) is 29.6 Å². The highest BCUT2D eigenvalue weighted by Gasteiger charge is 2.28. The van der Waals surface area contributed by atoms with Gasteiger partial charge in [-0.2, -0.15) is 0 Å². The molecule has 1 unspecified atom stereocenters. The number of hydrogen-bond donors (Lipinski definition) is 1. The number of carboxylic acids is 1. The van der Waals surface area contributed by atoms with Crippen molar-refractivity contribution in [3.05, 3.63) is 40.2 Å². The number of rotatable bonds is 3. The number of piperidine rings is 1. The number of thiazole rings is 1. The molecule has 2 heterocycles. The van der Waals surface area contributed by atoms with Crippen LogP contribution >= 0.6 is 11.3 Å². The van der Waals surface area contributed by atoms with Gasteiger partial charge in [0.1, 0.15) is 0 Å². The van der Waals surface area contributed by atoms with Crippen LogP contribution in [0, 0.1) is 12.8 Å². The van der Waals surface area contributed by atoms with E-state index in [0.29, 0.717) is 18.5 Å². The molecule has 23 heavy (non-hydrogen) atoms. The first-order valence-corrected chi connectivity index (χ1v) is 8.47. The average molecular weight is 330 g/mol. The maximum absolute atomic E-state index is 12.7. The van der Waals surface area contributed by atoms with Gasteiger partial charge in [0.05, 0.1) is 16.6 Å². The summed E-state index contributed by atoms with van der Waals surface area (Å²) in [6, 6.07) is 7.38. The van der Waals surface area contributed by atoms with Crippen molar-refractivity contribution in [2.75, 3.05) is 13.1 Å². The normalized spacial score (nSPS) is 18.0. The van der Waals surface area contributed by atoms with E-state index in [9.17, 15) is 9.59 Å². The van der Waals surface area contributed by atoms with E-state index in [1.54, 1.807) is 22.3 Å². The zero-order valence-electron chi connectivity index (χ0n) is 12.9. The summed E-state index contributed by atoms with van der Waals surface area (Å²) in [6.45, 7) is 2.85. The highest BCUT2D eigenvalue weighted by molar-refractivity contribution is 7.09. The molecule has 0 radical (unpaired) electrons. The largest absolute Gasteiger partial charge is 0.481 e. The molecule has 1 aromatic heterocycles. The Bertz CT molecular complexity index is 741. The number of amides is 1. The van der Waals surface area contributed by atoms with Crippen molar-refractivity contribution in [1.82, 2.24) is 9.88 Å². The van der Waals surface area contributed by atoms with Crippen LogP contribution in [0.3, 0.4) is 0 Å². The first-order valence-electron chi connectivity index (χ1n) is 7.59. The van der Waals surface area contributed by atoms with Crippen molar-refractivity contribution in [3.8, 4) is 11.3 Å². The molecule has 0 aliphatic carbocycles. The summed E-state index contributed by atoms with van der Waals surface area (Å²) in [5.41, 5.74) is 2.36. The number of likely N-dealkylation sites (tertiary alicyclic amines) is 1. The number of hydrogen-bond acceptors (Lipinski definition) is 4. The van der Waals surface area contributed by atoms with E-state index in [0.717, 1.165) is 22.7 Å². The van der Waals surface area contributed by atoms with Crippen molar-refractivity contribution in [2.45, 2.75) is 19.8 Å². The first-order chi connectivity index (χ1) is 11.0. The van der Waals surface area contributed by atoms with Crippen molar-refractivity contribution in [1.29, 1.82) is 0 Å². The fourth-order valence-corrected chi connectivity index (χ4v) is 3.48. The van der Waals surface area contributed by atoms with Gasteiger partial charge in [0, 0.05) is 29.6 Å².